The number of amides is 1. The van der Waals surface area contributed by atoms with Crippen LogP contribution in [-0.2, 0) is 4.74 Å². The minimum absolute atomic E-state index is 0.365. The Bertz CT molecular complexity index is 714. The normalized spacial score (nSPS) is 10.5. The van der Waals surface area contributed by atoms with Crippen LogP contribution in [0.2, 0.25) is 0 Å². The lowest BCUT2D eigenvalue weighted by molar-refractivity contribution is 0.0600. The molecule has 0 saturated heterocycles. The molecule has 0 saturated carbocycles. The van der Waals surface area contributed by atoms with E-state index in [1.54, 1.807) is 36.5 Å². The van der Waals surface area contributed by atoms with Crippen LogP contribution in [0.15, 0.2) is 52.3 Å². The van der Waals surface area contributed by atoms with E-state index < -0.39 is 5.97 Å². The van der Waals surface area contributed by atoms with E-state index in [1.165, 1.54) is 19.5 Å². The van der Waals surface area contributed by atoms with Crippen LogP contribution >= 0.6 is 15.9 Å². The van der Waals surface area contributed by atoms with Crippen LogP contribution in [0.5, 0.6) is 0 Å². The average molecular weight is 362 g/mol. The number of carbonyl (C=O) groups is 2. The Kier molecular flexibility index (Phi) is 5.37. The zero-order valence-electron chi connectivity index (χ0n) is 11.6. The number of nitrogens with zero attached hydrogens (tertiary/aromatic N) is 2. The van der Waals surface area contributed by atoms with Gasteiger partial charge in [0.25, 0.3) is 5.91 Å². The fourth-order valence-electron chi connectivity index (χ4n) is 1.59. The number of nitrogens with one attached hydrogen (secondary N) is 1. The average Bonchev–Trinajstić information content (AvgIpc) is 2.54. The van der Waals surface area contributed by atoms with Crippen molar-refractivity contribution >= 4 is 34.0 Å². The van der Waals surface area contributed by atoms with Crippen LogP contribution in [0.4, 0.5) is 0 Å². The number of carbonyl (C=O) groups excluding carboxylic acids is 2. The van der Waals surface area contributed by atoms with Gasteiger partial charge in [0.1, 0.15) is 0 Å². The molecule has 0 atom stereocenters. The minimum atomic E-state index is -0.404. The zero-order valence-corrected chi connectivity index (χ0v) is 13.2. The number of methoxy groups -OCH3 is 1. The highest BCUT2D eigenvalue weighted by atomic mass is 79.9. The molecule has 0 spiro atoms. The Labute approximate surface area is 135 Å². The molecule has 2 rings (SSSR count). The number of hydrazone groups is 1. The van der Waals surface area contributed by atoms with E-state index in [0.29, 0.717) is 15.6 Å². The first-order valence-corrected chi connectivity index (χ1v) is 7.02. The van der Waals surface area contributed by atoms with E-state index in [2.05, 4.69) is 36.2 Å². The van der Waals surface area contributed by atoms with E-state index in [-0.39, 0.29) is 5.91 Å². The smallest absolute Gasteiger partial charge is 0.337 e. The third-order valence-electron chi connectivity index (χ3n) is 2.68. The van der Waals surface area contributed by atoms with E-state index in [0.717, 1.165) is 5.56 Å². The molecule has 0 bridgehead atoms. The van der Waals surface area contributed by atoms with Crippen LogP contribution in [-0.4, -0.2) is 30.2 Å². The molecule has 22 heavy (non-hydrogen) atoms. The molecule has 1 aromatic heterocycles. The van der Waals surface area contributed by atoms with Crippen molar-refractivity contribution in [2.45, 2.75) is 0 Å². The Morgan fingerprint density at radius 2 is 1.95 bits per heavy atom. The molecular weight excluding hydrogens is 350 g/mol. The standard InChI is InChI=1S/C15H12BrN3O3/c1-22-15(21)11-4-2-10(3-5-11)7-18-19-14(20)12-6-13(16)9-17-8-12/h2-9H,1H3,(H,19,20). The molecule has 7 heteroatoms. The summed E-state index contributed by atoms with van der Waals surface area (Å²) in [5.74, 6) is -0.768. The second kappa shape index (κ2) is 7.46. The van der Waals surface area contributed by atoms with Crippen molar-refractivity contribution in [2.75, 3.05) is 7.11 Å². The number of esters is 1. The Balaban J connectivity index is 1.97. The first kappa shape index (κ1) is 15.8. The molecule has 1 heterocycles. The van der Waals surface area contributed by atoms with Gasteiger partial charge in [0, 0.05) is 16.9 Å². The van der Waals surface area contributed by atoms with Crippen molar-refractivity contribution in [3.8, 4) is 0 Å². The Morgan fingerprint density at radius 1 is 1.23 bits per heavy atom. The van der Waals surface area contributed by atoms with Gasteiger partial charge in [-0.05, 0) is 39.7 Å². The maximum atomic E-state index is 11.8. The van der Waals surface area contributed by atoms with Gasteiger partial charge in [0.2, 0.25) is 0 Å². The third-order valence-corrected chi connectivity index (χ3v) is 3.11. The van der Waals surface area contributed by atoms with E-state index in [4.69, 9.17) is 0 Å². The van der Waals surface area contributed by atoms with Crippen molar-refractivity contribution in [1.29, 1.82) is 0 Å². The highest BCUT2D eigenvalue weighted by Gasteiger charge is 2.05. The Hall–Kier alpha value is -2.54. The SMILES string of the molecule is COC(=O)c1ccc(C=NNC(=O)c2cncc(Br)c2)cc1. The van der Waals surface area contributed by atoms with E-state index in [9.17, 15) is 9.59 Å². The van der Waals surface area contributed by atoms with E-state index >= 15 is 0 Å². The van der Waals surface area contributed by atoms with Gasteiger partial charge in [0.05, 0.1) is 24.5 Å². The lowest BCUT2D eigenvalue weighted by atomic mass is 10.1. The number of halogens is 1. The fourth-order valence-corrected chi connectivity index (χ4v) is 1.95. The van der Waals surface area contributed by atoms with Crippen LogP contribution in [0.3, 0.4) is 0 Å². The van der Waals surface area contributed by atoms with Crippen LogP contribution < -0.4 is 5.43 Å². The first-order chi connectivity index (χ1) is 10.6. The van der Waals surface area contributed by atoms with Crippen molar-refractivity contribution in [2.24, 2.45) is 5.10 Å². The van der Waals surface area contributed by atoms with Gasteiger partial charge in [-0.15, -0.1) is 0 Å². The number of rotatable bonds is 4. The molecule has 1 N–H and O–H groups in total. The maximum absolute atomic E-state index is 11.8. The summed E-state index contributed by atoms with van der Waals surface area (Å²) < 4.78 is 5.32. The molecular formula is C15H12BrN3O3. The zero-order chi connectivity index (χ0) is 15.9. The summed E-state index contributed by atoms with van der Waals surface area (Å²) in [7, 11) is 1.32. The number of benzene rings is 1. The summed E-state index contributed by atoms with van der Waals surface area (Å²) in [6.07, 6.45) is 4.51. The lowest BCUT2D eigenvalue weighted by Crippen LogP contribution is -2.17. The van der Waals surface area contributed by atoms with Gasteiger partial charge in [-0.3, -0.25) is 9.78 Å². The molecule has 6 nitrogen and oxygen atoms in total. The van der Waals surface area contributed by atoms with Crippen LogP contribution in [0.25, 0.3) is 0 Å². The summed E-state index contributed by atoms with van der Waals surface area (Å²) in [6, 6.07) is 8.27. The molecule has 0 aliphatic heterocycles. The number of hydrogen-bond donors (Lipinski definition) is 1. The molecule has 0 aliphatic carbocycles. The highest BCUT2D eigenvalue weighted by molar-refractivity contribution is 9.10. The lowest BCUT2D eigenvalue weighted by Gasteiger charge is -2.00. The van der Waals surface area contributed by atoms with Gasteiger partial charge < -0.3 is 4.74 Å². The van der Waals surface area contributed by atoms with Gasteiger partial charge in [-0.25, -0.2) is 10.2 Å². The molecule has 0 radical (unpaired) electrons. The van der Waals surface area contributed by atoms with Gasteiger partial charge in [-0.1, -0.05) is 12.1 Å². The van der Waals surface area contributed by atoms with Gasteiger partial charge in [0.15, 0.2) is 0 Å². The number of ether oxygens (including phenoxy) is 1. The predicted molar refractivity (Wildman–Crippen MR) is 84.8 cm³/mol. The van der Waals surface area contributed by atoms with E-state index in [1.807, 2.05) is 0 Å². The summed E-state index contributed by atoms with van der Waals surface area (Å²) in [5, 5.41) is 3.86. The summed E-state index contributed by atoms with van der Waals surface area (Å²) in [4.78, 5) is 27.0. The summed E-state index contributed by atoms with van der Waals surface area (Å²) in [6.45, 7) is 0. The molecule has 1 amide bonds. The third kappa shape index (κ3) is 4.23. The maximum Gasteiger partial charge on any atom is 0.337 e. The molecule has 0 fully saturated rings. The molecule has 2 aromatic rings. The second-order valence-corrected chi connectivity index (χ2v) is 5.12. The molecule has 0 unspecified atom stereocenters. The fraction of sp³-hybridized carbons (Fsp3) is 0.0667. The van der Waals surface area contributed by atoms with Crippen LogP contribution in [0, 0.1) is 0 Å². The predicted octanol–water partition coefficient (Wildman–Crippen LogP) is 2.39. The van der Waals surface area contributed by atoms with Crippen molar-refractivity contribution < 1.29 is 14.3 Å². The monoisotopic (exact) mass is 361 g/mol. The van der Waals surface area contributed by atoms with Crippen molar-refractivity contribution in [3.05, 3.63) is 63.9 Å². The largest absolute Gasteiger partial charge is 0.465 e. The second-order valence-electron chi connectivity index (χ2n) is 4.20. The van der Waals surface area contributed by atoms with Crippen molar-refractivity contribution in [3.63, 3.8) is 0 Å². The summed E-state index contributed by atoms with van der Waals surface area (Å²) >= 11 is 3.24. The Morgan fingerprint density at radius 3 is 2.59 bits per heavy atom. The van der Waals surface area contributed by atoms with Gasteiger partial charge >= 0.3 is 5.97 Å². The number of pyridine rings is 1. The number of hydrogen-bond acceptors (Lipinski definition) is 5. The molecule has 0 aliphatic rings. The first-order valence-electron chi connectivity index (χ1n) is 6.22. The quantitative estimate of drug-likeness (QED) is 0.515. The van der Waals surface area contributed by atoms with Crippen LogP contribution in [0.1, 0.15) is 26.3 Å². The highest BCUT2D eigenvalue weighted by Crippen LogP contribution is 2.09. The topological polar surface area (TPSA) is 80.6 Å². The number of aromatic nitrogens is 1. The molecule has 112 valence electrons. The summed E-state index contributed by atoms with van der Waals surface area (Å²) in [5.41, 5.74) is 3.98. The molecule has 1 aromatic carbocycles. The minimum Gasteiger partial charge on any atom is -0.465 e. The van der Waals surface area contributed by atoms with Gasteiger partial charge in [-0.2, -0.15) is 5.10 Å². The van der Waals surface area contributed by atoms with Crippen molar-refractivity contribution in [1.82, 2.24) is 10.4 Å².